The fourth-order valence-electron chi connectivity index (χ4n) is 4.96. The number of nitrogens with one attached hydrogen (secondary N) is 1. The predicted octanol–water partition coefficient (Wildman–Crippen LogP) is 2.59. The molecule has 7 nitrogen and oxygen atoms in total. The van der Waals surface area contributed by atoms with Crippen LogP contribution in [0.15, 0.2) is 48.8 Å². The number of phenolic OH excluding ortho intramolecular Hbond substituents is 1. The van der Waals surface area contributed by atoms with Crippen LogP contribution in [0, 0.1) is 5.41 Å². The number of likely N-dealkylation sites (tertiary alicyclic amines) is 2. The molecule has 2 aliphatic rings. The van der Waals surface area contributed by atoms with Gasteiger partial charge in [0.25, 0.3) is 5.91 Å². The van der Waals surface area contributed by atoms with Crippen molar-refractivity contribution in [1.82, 2.24) is 20.1 Å². The third-order valence-electron chi connectivity index (χ3n) is 6.72. The maximum atomic E-state index is 12.7. The SMILES string of the molecule is CC(C)N1CC2(CCN(C(=O)CNC(=O)c3cccnc3)CC2)C1c1ccc(O)cc1. The Morgan fingerprint density at radius 1 is 1.19 bits per heavy atom. The molecule has 0 saturated carbocycles. The first-order chi connectivity index (χ1) is 14.9. The van der Waals surface area contributed by atoms with Gasteiger partial charge in [0.1, 0.15) is 5.75 Å². The molecule has 2 aromatic rings. The number of nitrogens with zero attached hydrogens (tertiary/aromatic N) is 3. The molecule has 3 heterocycles. The second-order valence-electron chi connectivity index (χ2n) is 8.93. The average Bonchev–Trinajstić information content (AvgIpc) is 2.78. The molecule has 2 N–H and O–H groups in total. The van der Waals surface area contributed by atoms with Gasteiger partial charge in [-0.3, -0.25) is 19.5 Å². The molecule has 1 spiro atoms. The van der Waals surface area contributed by atoms with Gasteiger partial charge in [-0.2, -0.15) is 0 Å². The largest absolute Gasteiger partial charge is 0.508 e. The van der Waals surface area contributed by atoms with Crippen LogP contribution in [-0.2, 0) is 4.79 Å². The maximum absolute atomic E-state index is 12.7. The Balaban J connectivity index is 1.36. The lowest BCUT2D eigenvalue weighted by atomic mass is 9.62. The van der Waals surface area contributed by atoms with E-state index in [1.165, 1.54) is 11.8 Å². The lowest BCUT2D eigenvalue weighted by molar-refractivity contribution is -0.147. The van der Waals surface area contributed by atoms with E-state index in [0.717, 1.165) is 19.4 Å². The molecule has 2 fully saturated rings. The minimum absolute atomic E-state index is 0.000236. The van der Waals surface area contributed by atoms with E-state index in [0.29, 0.717) is 30.7 Å². The molecule has 7 heteroatoms. The van der Waals surface area contributed by atoms with Gasteiger partial charge in [0.2, 0.25) is 5.91 Å². The maximum Gasteiger partial charge on any atom is 0.253 e. The summed E-state index contributed by atoms with van der Waals surface area (Å²) in [5.41, 5.74) is 1.82. The topological polar surface area (TPSA) is 85.8 Å². The van der Waals surface area contributed by atoms with Crippen molar-refractivity contribution in [3.63, 3.8) is 0 Å². The summed E-state index contributed by atoms with van der Waals surface area (Å²) >= 11 is 0. The van der Waals surface area contributed by atoms with E-state index in [1.54, 1.807) is 30.5 Å². The fraction of sp³-hybridized carbons (Fsp3) is 0.458. The van der Waals surface area contributed by atoms with Crippen LogP contribution in [0.1, 0.15) is 48.7 Å². The first-order valence-electron chi connectivity index (χ1n) is 10.9. The molecule has 1 aromatic carbocycles. The Morgan fingerprint density at radius 2 is 1.90 bits per heavy atom. The normalized spacial score (nSPS) is 20.5. The van der Waals surface area contributed by atoms with Crippen molar-refractivity contribution in [2.24, 2.45) is 5.41 Å². The first kappa shape index (κ1) is 21.3. The number of benzene rings is 1. The van der Waals surface area contributed by atoms with Crippen LogP contribution >= 0.6 is 0 Å². The molecule has 1 atom stereocenters. The molecule has 2 aliphatic heterocycles. The summed E-state index contributed by atoms with van der Waals surface area (Å²) in [7, 11) is 0. The Labute approximate surface area is 183 Å². The minimum atomic E-state index is -0.283. The highest BCUT2D eigenvalue weighted by Gasteiger charge is 2.54. The number of aromatic nitrogens is 1. The Kier molecular flexibility index (Phi) is 5.96. The van der Waals surface area contributed by atoms with Crippen LogP contribution < -0.4 is 5.32 Å². The Hall–Kier alpha value is -2.93. The van der Waals surface area contributed by atoms with Crippen LogP contribution in [0.25, 0.3) is 0 Å². The monoisotopic (exact) mass is 422 g/mol. The molecule has 164 valence electrons. The van der Waals surface area contributed by atoms with E-state index in [9.17, 15) is 14.7 Å². The van der Waals surface area contributed by atoms with E-state index >= 15 is 0 Å². The zero-order valence-electron chi connectivity index (χ0n) is 18.1. The summed E-state index contributed by atoms with van der Waals surface area (Å²) in [5, 5.41) is 12.4. The van der Waals surface area contributed by atoms with E-state index < -0.39 is 0 Å². The number of hydrogen-bond acceptors (Lipinski definition) is 5. The molecule has 0 aliphatic carbocycles. The molecule has 2 saturated heterocycles. The van der Waals surface area contributed by atoms with Gasteiger partial charge < -0.3 is 15.3 Å². The second-order valence-corrected chi connectivity index (χ2v) is 8.93. The van der Waals surface area contributed by atoms with Crippen molar-refractivity contribution in [1.29, 1.82) is 0 Å². The second kappa shape index (κ2) is 8.67. The quantitative estimate of drug-likeness (QED) is 0.774. The summed E-state index contributed by atoms with van der Waals surface area (Å²) in [5.74, 6) is -0.0517. The highest BCUT2D eigenvalue weighted by Crippen LogP contribution is 2.55. The predicted molar refractivity (Wildman–Crippen MR) is 118 cm³/mol. The number of amides is 2. The molecular weight excluding hydrogens is 392 g/mol. The minimum Gasteiger partial charge on any atom is -0.508 e. The molecule has 4 rings (SSSR count). The molecule has 1 unspecified atom stereocenters. The number of piperidine rings is 1. The summed E-state index contributed by atoms with van der Waals surface area (Å²) in [6.07, 6.45) is 4.97. The molecular formula is C24H30N4O3. The van der Waals surface area contributed by atoms with Gasteiger partial charge >= 0.3 is 0 Å². The average molecular weight is 423 g/mol. The zero-order valence-corrected chi connectivity index (χ0v) is 18.1. The number of aromatic hydroxyl groups is 1. The molecule has 0 radical (unpaired) electrons. The van der Waals surface area contributed by atoms with Gasteiger partial charge in [-0.1, -0.05) is 12.1 Å². The van der Waals surface area contributed by atoms with Crippen LogP contribution in [0.4, 0.5) is 0 Å². The van der Waals surface area contributed by atoms with Crippen molar-refractivity contribution in [2.75, 3.05) is 26.2 Å². The number of rotatable bonds is 5. The summed E-state index contributed by atoms with van der Waals surface area (Å²) in [6.45, 7) is 6.84. The van der Waals surface area contributed by atoms with Crippen LogP contribution in [0.2, 0.25) is 0 Å². The number of carbonyl (C=O) groups excluding carboxylic acids is 2. The smallest absolute Gasteiger partial charge is 0.253 e. The molecule has 1 aromatic heterocycles. The summed E-state index contributed by atoms with van der Waals surface area (Å²) < 4.78 is 0. The number of pyridine rings is 1. The van der Waals surface area contributed by atoms with Gasteiger partial charge in [-0.05, 0) is 56.5 Å². The van der Waals surface area contributed by atoms with Gasteiger partial charge in [0.15, 0.2) is 0 Å². The van der Waals surface area contributed by atoms with Crippen LogP contribution in [0.3, 0.4) is 0 Å². The fourth-order valence-corrected chi connectivity index (χ4v) is 4.96. The van der Waals surface area contributed by atoms with Gasteiger partial charge in [-0.15, -0.1) is 0 Å². The number of hydrogen-bond donors (Lipinski definition) is 2. The van der Waals surface area contributed by atoms with Crippen molar-refractivity contribution < 1.29 is 14.7 Å². The summed E-state index contributed by atoms with van der Waals surface area (Å²) in [6, 6.07) is 11.7. The van der Waals surface area contributed by atoms with Gasteiger partial charge in [0, 0.05) is 49.5 Å². The highest BCUT2D eigenvalue weighted by molar-refractivity contribution is 5.96. The van der Waals surface area contributed by atoms with E-state index in [-0.39, 0.29) is 29.5 Å². The van der Waals surface area contributed by atoms with Crippen molar-refractivity contribution >= 4 is 11.8 Å². The van der Waals surface area contributed by atoms with Gasteiger partial charge in [0.05, 0.1) is 12.1 Å². The van der Waals surface area contributed by atoms with Crippen molar-refractivity contribution in [2.45, 2.75) is 38.8 Å². The lowest BCUT2D eigenvalue weighted by Gasteiger charge is -2.62. The third-order valence-corrected chi connectivity index (χ3v) is 6.72. The standard InChI is InChI=1S/C24H30N4O3/c1-17(2)28-16-24(22(28)18-5-7-20(29)8-6-18)9-12-27(13-10-24)21(30)15-26-23(31)19-4-3-11-25-14-19/h3-8,11,14,17,22,29H,9-10,12-13,15-16H2,1-2H3,(H,26,31). The Morgan fingerprint density at radius 3 is 2.52 bits per heavy atom. The third kappa shape index (κ3) is 4.28. The zero-order chi connectivity index (χ0) is 22.0. The van der Waals surface area contributed by atoms with E-state index in [1.807, 2.05) is 17.0 Å². The number of phenols is 1. The number of carbonyl (C=O) groups is 2. The van der Waals surface area contributed by atoms with Crippen LogP contribution in [-0.4, -0.2) is 63.9 Å². The van der Waals surface area contributed by atoms with Crippen molar-refractivity contribution in [3.8, 4) is 5.75 Å². The molecule has 31 heavy (non-hydrogen) atoms. The van der Waals surface area contributed by atoms with Gasteiger partial charge in [-0.25, -0.2) is 0 Å². The lowest BCUT2D eigenvalue weighted by Crippen LogP contribution is -2.64. The van der Waals surface area contributed by atoms with Crippen LogP contribution in [0.5, 0.6) is 5.75 Å². The molecule has 2 amide bonds. The van der Waals surface area contributed by atoms with E-state index in [2.05, 4.69) is 29.0 Å². The molecule has 0 bridgehead atoms. The van der Waals surface area contributed by atoms with Crippen molar-refractivity contribution in [3.05, 3.63) is 59.9 Å². The van der Waals surface area contributed by atoms with E-state index in [4.69, 9.17) is 0 Å². The first-order valence-corrected chi connectivity index (χ1v) is 10.9. The highest BCUT2D eigenvalue weighted by atomic mass is 16.3. The Bertz CT molecular complexity index is 922. The summed E-state index contributed by atoms with van der Waals surface area (Å²) in [4.78, 5) is 33.1.